The number of rotatable bonds is 10. The average Bonchev–Trinajstić information content (AvgIpc) is 2.91. The molecule has 4 aromatic rings. The van der Waals surface area contributed by atoms with Gasteiger partial charge in [-0.15, -0.1) is 0 Å². The van der Waals surface area contributed by atoms with Gasteiger partial charge in [0.05, 0.1) is 19.6 Å². The lowest BCUT2D eigenvalue weighted by molar-refractivity contribution is -0.385. The fourth-order valence-electron chi connectivity index (χ4n) is 3.33. The van der Waals surface area contributed by atoms with Crippen LogP contribution in [0.3, 0.4) is 0 Å². The molecule has 10 nitrogen and oxygen atoms in total. The van der Waals surface area contributed by atoms with E-state index in [0.717, 1.165) is 11.1 Å². The predicted octanol–water partition coefficient (Wildman–Crippen LogP) is 5.49. The van der Waals surface area contributed by atoms with Crippen molar-refractivity contribution in [3.05, 3.63) is 128 Å². The highest BCUT2D eigenvalue weighted by Gasteiger charge is 2.18. The van der Waals surface area contributed by atoms with E-state index in [4.69, 9.17) is 9.47 Å². The predicted molar refractivity (Wildman–Crippen MR) is 133 cm³/mol. The highest BCUT2D eigenvalue weighted by molar-refractivity contribution is 7.91. The molecule has 0 heterocycles. The number of nitro benzene ring substituents is 2. The number of nitro groups is 2. The molecule has 0 radical (unpaired) electrons. The standard InChI is InChI=1S/C26H20N2O8S/c29-27(30)21-5-1-19(2-6-21)17-35-23-9-13-25(14-10-23)37(33,34)26-15-11-24(12-16-26)36-18-20-3-7-22(8-4-20)28(31)32/h1-16H,17-18H2. The Hall–Kier alpha value is -4.77. The van der Waals surface area contributed by atoms with Crippen LogP contribution in [0.25, 0.3) is 0 Å². The van der Waals surface area contributed by atoms with E-state index in [1.807, 2.05) is 0 Å². The molecular formula is C26H20N2O8S. The van der Waals surface area contributed by atoms with Gasteiger partial charge in [-0.1, -0.05) is 0 Å². The maximum Gasteiger partial charge on any atom is 0.269 e. The molecule has 37 heavy (non-hydrogen) atoms. The summed E-state index contributed by atoms with van der Waals surface area (Å²) in [6, 6.07) is 23.9. The SMILES string of the molecule is O=[N+]([O-])c1ccc(COc2ccc(S(=O)(=O)c3ccc(OCc4ccc([N+](=O)[O-])cc4)cc3)cc2)cc1. The van der Waals surface area contributed by atoms with E-state index in [1.165, 1.54) is 48.5 Å². The van der Waals surface area contributed by atoms with Crippen molar-refractivity contribution in [2.75, 3.05) is 0 Å². The van der Waals surface area contributed by atoms with Crippen LogP contribution in [-0.2, 0) is 23.1 Å². The fraction of sp³-hybridized carbons (Fsp3) is 0.0769. The molecule has 0 saturated carbocycles. The van der Waals surface area contributed by atoms with Crippen molar-refractivity contribution in [3.63, 3.8) is 0 Å². The van der Waals surface area contributed by atoms with E-state index in [-0.39, 0.29) is 34.4 Å². The van der Waals surface area contributed by atoms with Crippen LogP contribution >= 0.6 is 0 Å². The highest BCUT2D eigenvalue weighted by Crippen LogP contribution is 2.26. The lowest BCUT2D eigenvalue weighted by atomic mass is 10.2. The van der Waals surface area contributed by atoms with E-state index < -0.39 is 19.7 Å². The first kappa shape index (κ1) is 25.3. The normalized spacial score (nSPS) is 11.0. The van der Waals surface area contributed by atoms with Gasteiger partial charge in [-0.2, -0.15) is 0 Å². The van der Waals surface area contributed by atoms with E-state index in [0.29, 0.717) is 11.5 Å². The van der Waals surface area contributed by atoms with Crippen LogP contribution in [0.15, 0.2) is 107 Å². The Morgan fingerprint density at radius 3 is 1.16 bits per heavy atom. The zero-order valence-electron chi connectivity index (χ0n) is 19.2. The number of hydrogen-bond acceptors (Lipinski definition) is 8. The first-order valence-electron chi connectivity index (χ1n) is 10.9. The average molecular weight is 521 g/mol. The number of ether oxygens (including phenoxy) is 2. The molecule has 0 N–H and O–H groups in total. The molecule has 0 aliphatic rings. The summed E-state index contributed by atoms with van der Waals surface area (Å²) in [7, 11) is -3.77. The molecular weight excluding hydrogens is 500 g/mol. The summed E-state index contributed by atoms with van der Waals surface area (Å²) < 4.78 is 37.3. The van der Waals surface area contributed by atoms with Crippen LogP contribution in [0.4, 0.5) is 11.4 Å². The van der Waals surface area contributed by atoms with Gasteiger partial charge in [0.2, 0.25) is 9.84 Å². The molecule has 0 atom stereocenters. The van der Waals surface area contributed by atoms with Crippen LogP contribution < -0.4 is 9.47 Å². The Labute approximate surface area is 211 Å². The smallest absolute Gasteiger partial charge is 0.269 e. The molecule has 188 valence electrons. The topological polar surface area (TPSA) is 139 Å². The molecule has 0 unspecified atom stereocenters. The van der Waals surface area contributed by atoms with Crippen molar-refractivity contribution in [3.8, 4) is 11.5 Å². The molecule has 0 aliphatic carbocycles. The van der Waals surface area contributed by atoms with Gasteiger partial charge in [0, 0.05) is 24.3 Å². The Balaban J connectivity index is 1.35. The lowest BCUT2D eigenvalue weighted by Gasteiger charge is -2.10. The van der Waals surface area contributed by atoms with Crippen LogP contribution in [0.2, 0.25) is 0 Å². The zero-order valence-corrected chi connectivity index (χ0v) is 20.0. The molecule has 11 heteroatoms. The Kier molecular flexibility index (Phi) is 7.44. The van der Waals surface area contributed by atoms with Crippen LogP contribution in [-0.4, -0.2) is 18.3 Å². The maximum atomic E-state index is 13.0. The van der Waals surface area contributed by atoms with Crippen molar-refractivity contribution in [1.82, 2.24) is 0 Å². The third-order valence-corrected chi connectivity index (χ3v) is 7.16. The monoisotopic (exact) mass is 520 g/mol. The number of hydrogen-bond donors (Lipinski definition) is 0. The zero-order chi connectivity index (χ0) is 26.4. The van der Waals surface area contributed by atoms with Gasteiger partial charge in [0.15, 0.2) is 0 Å². The molecule has 0 spiro atoms. The minimum absolute atomic E-state index is 0.0117. The molecule has 0 saturated heterocycles. The van der Waals surface area contributed by atoms with Gasteiger partial charge in [0.25, 0.3) is 11.4 Å². The number of benzene rings is 4. The molecule has 0 fully saturated rings. The summed E-state index contributed by atoms with van der Waals surface area (Å²) in [6.07, 6.45) is 0. The number of sulfone groups is 1. The van der Waals surface area contributed by atoms with Gasteiger partial charge in [-0.25, -0.2) is 8.42 Å². The number of non-ortho nitro benzene ring substituents is 2. The molecule has 0 amide bonds. The highest BCUT2D eigenvalue weighted by atomic mass is 32.2. The fourth-order valence-corrected chi connectivity index (χ4v) is 4.59. The second kappa shape index (κ2) is 10.9. The Morgan fingerprint density at radius 2 is 0.865 bits per heavy atom. The molecule has 4 rings (SSSR count). The van der Waals surface area contributed by atoms with E-state index >= 15 is 0 Å². The third-order valence-electron chi connectivity index (χ3n) is 5.37. The van der Waals surface area contributed by atoms with Crippen molar-refractivity contribution < 1.29 is 27.7 Å². The van der Waals surface area contributed by atoms with Crippen molar-refractivity contribution in [2.24, 2.45) is 0 Å². The summed E-state index contributed by atoms with van der Waals surface area (Å²) in [6.45, 7) is 0.344. The Morgan fingerprint density at radius 1 is 0.541 bits per heavy atom. The third kappa shape index (κ3) is 6.27. The van der Waals surface area contributed by atoms with Crippen molar-refractivity contribution in [1.29, 1.82) is 0 Å². The second-order valence-corrected chi connectivity index (χ2v) is 9.82. The molecule has 0 bridgehead atoms. The van der Waals surface area contributed by atoms with E-state index in [9.17, 15) is 28.6 Å². The van der Waals surface area contributed by atoms with Gasteiger partial charge in [0.1, 0.15) is 24.7 Å². The minimum atomic E-state index is -3.77. The second-order valence-electron chi connectivity index (χ2n) is 7.87. The minimum Gasteiger partial charge on any atom is -0.489 e. The summed E-state index contributed by atoms with van der Waals surface area (Å²) in [5.74, 6) is 0.902. The quantitative estimate of drug-likeness (QED) is 0.197. The maximum absolute atomic E-state index is 13.0. The largest absolute Gasteiger partial charge is 0.489 e. The lowest BCUT2D eigenvalue weighted by Crippen LogP contribution is -2.03. The first-order valence-corrected chi connectivity index (χ1v) is 12.4. The van der Waals surface area contributed by atoms with Crippen LogP contribution in [0.1, 0.15) is 11.1 Å². The first-order chi connectivity index (χ1) is 17.7. The summed E-state index contributed by atoms with van der Waals surface area (Å²) in [4.78, 5) is 20.7. The summed E-state index contributed by atoms with van der Waals surface area (Å²) >= 11 is 0. The van der Waals surface area contributed by atoms with Gasteiger partial charge >= 0.3 is 0 Å². The van der Waals surface area contributed by atoms with Crippen molar-refractivity contribution in [2.45, 2.75) is 23.0 Å². The Bertz CT molecular complexity index is 1390. The summed E-state index contributed by atoms with van der Waals surface area (Å²) in [5, 5.41) is 21.5. The van der Waals surface area contributed by atoms with Gasteiger partial charge < -0.3 is 9.47 Å². The van der Waals surface area contributed by atoms with Gasteiger partial charge in [-0.05, 0) is 83.9 Å². The van der Waals surface area contributed by atoms with Crippen LogP contribution in [0.5, 0.6) is 11.5 Å². The van der Waals surface area contributed by atoms with Gasteiger partial charge in [-0.3, -0.25) is 20.2 Å². The molecule has 0 aliphatic heterocycles. The van der Waals surface area contributed by atoms with Crippen LogP contribution in [0, 0.1) is 20.2 Å². The molecule has 4 aromatic carbocycles. The van der Waals surface area contributed by atoms with Crippen molar-refractivity contribution >= 4 is 21.2 Å². The van der Waals surface area contributed by atoms with E-state index in [1.54, 1.807) is 48.5 Å². The number of nitrogens with zero attached hydrogens (tertiary/aromatic N) is 2. The molecule has 0 aromatic heterocycles. The summed E-state index contributed by atoms with van der Waals surface area (Å²) in [5.41, 5.74) is 1.45. The van der Waals surface area contributed by atoms with E-state index in [2.05, 4.69) is 0 Å².